The van der Waals surface area contributed by atoms with E-state index in [1.807, 2.05) is 0 Å². The highest BCUT2D eigenvalue weighted by atomic mass is 16.3. The molecule has 0 aromatic carbocycles. The molecule has 0 atom stereocenters. The number of nitrogens with zero attached hydrogens (tertiary/aromatic N) is 1. The van der Waals surface area contributed by atoms with Gasteiger partial charge in [0.25, 0.3) is 0 Å². The molecule has 11 heavy (non-hydrogen) atoms. The van der Waals surface area contributed by atoms with Gasteiger partial charge in [0.05, 0.1) is 5.69 Å². The van der Waals surface area contributed by atoms with Crippen molar-refractivity contribution in [3.05, 3.63) is 17.8 Å². The molecule has 0 unspecified atom stereocenters. The minimum atomic E-state index is 0.932. The zero-order valence-corrected chi connectivity index (χ0v) is 6.68. The number of aromatic nitrogens is 1. The lowest BCUT2D eigenvalue weighted by Gasteiger charge is -1.96. The van der Waals surface area contributed by atoms with E-state index in [0.29, 0.717) is 0 Å². The van der Waals surface area contributed by atoms with Crippen molar-refractivity contribution in [3.8, 4) is 0 Å². The zero-order chi connectivity index (χ0) is 7.52. The fraction of sp³-hybridized carbons (Fsp3) is 0.667. The van der Waals surface area contributed by atoms with E-state index in [1.54, 1.807) is 6.26 Å². The molecule has 2 nitrogen and oxygen atoms in total. The minimum absolute atomic E-state index is 0.932. The molecular formula is C9H13NO. The Kier molecular flexibility index (Phi) is 1.93. The van der Waals surface area contributed by atoms with E-state index in [4.69, 9.17) is 4.42 Å². The van der Waals surface area contributed by atoms with Gasteiger partial charge in [-0.25, -0.2) is 4.98 Å². The predicted octanol–water partition coefficient (Wildman–Crippen LogP) is 2.33. The quantitative estimate of drug-likeness (QED) is 0.568. The normalized spacial score (nSPS) is 18.5. The third-order valence-electron chi connectivity index (χ3n) is 2.17. The highest BCUT2D eigenvalue weighted by Gasteiger charge is 2.06. The van der Waals surface area contributed by atoms with Gasteiger partial charge in [-0.1, -0.05) is 12.8 Å². The first-order chi connectivity index (χ1) is 5.45. The van der Waals surface area contributed by atoms with Gasteiger partial charge in [-0.2, -0.15) is 0 Å². The van der Waals surface area contributed by atoms with Gasteiger partial charge in [-0.05, 0) is 19.3 Å². The van der Waals surface area contributed by atoms with E-state index in [2.05, 4.69) is 4.98 Å². The Morgan fingerprint density at radius 2 is 1.91 bits per heavy atom. The Bertz CT molecular complexity index is 207. The summed E-state index contributed by atoms with van der Waals surface area (Å²) in [6.07, 6.45) is 9.12. The van der Waals surface area contributed by atoms with Gasteiger partial charge in [-0.3, -0.25) is 0 Å². The fourth-order valence-corrected chi connectivity index (χ4v) is 1.51. The Labute approximate surface area is 66.6 Å². The summed E-state index contributed by atoms with van der Waals surface area (Å²) >= 11 is 0. The SMILES string of the molecule is c1oc2nc1CCCCCC2. The van der Waals surface area contributed by atoms with Crippen LogP contribution in [-0.2, 0) is 12.8 Å². The molecule has 0 saturated carbocycles. The summed E-state index contributed by atoms with van der Waals surface area (Å²) < 4.78 is 5.28. The molecule has 0 fully saturated rings. The van der Waals surface area contributed by atoms with Crippen LogP contribution in [0.4, 0.5) is 0 Å². The monoisotopic (exact) mass is 151 g/mol. The molecular weight excluding hydrogens is 138 g/mol. The van der Waals surface area contributed by atoms with Crippen LogP contribution in [0.25, 0.3) is 0 Å². The number of fused-ring (bicyclic) bond motifs is 2. The minimum Gasteiger partial charge on any atom is -0.449 e. The third-order valence-corrected chi connectivity index (χ3v) is 2.17. The van der Waals surface area contributed by atoms with E-state index in [9.17, 15) is 0 Å². The van der Waals surface area contributed by atoms with Gasteiger partial charge in [-0.15, -0.1) is 0 Å². The third kappa shape index (κ3) is 1.62. The summed E-state index contributed by atoms with van der Waals surface area (Å²) in [6, 6.07) is 0. The average Bonchev–Trinajstić information content (AvgIpc) is 2.49. The molecule has 1 aromatic heterocycles. The molecule has 0 saturated heterocycles. The zero-order valence-electron chi connectivity index (χ0n) is 6.68. The fourth-order valence-electron chi connectivity index (χ4n) is 1.51. The van der Waals surface area contributed by atoms with Crippen LogP contribution in [0.2, 0.25) is 0 Å². The topological polar surface area (TPSA) is 26.0 Å². The van der Waals surface area contributed by atoms with Gasteiger partial charge < -0.3 is 4.42 Å². The molecule has 0 spiro atoms. The Hall–Kier alpha value is -0.790. The highest BCUT2D eigenvalue weighted by molar-refractivity contribution is 4.97. The van der Waals surface area contributed by atoms with Crippen molar-refractivity contribution in [2.24, 2.45) is 0 Å². The van der Waals surface area contributed by atoms with Crippen LogP contribution < -0.4 is 0 Å². The average molecular weight is 151 g/mol. The number of aryl methyl sites for hydroxylation is 2. The maximum atomic E-state index is 5.28. The van der Waals surface area contributed by atoms with E-state index in [-0.39, 0.29) is 0 Å². The Morgan fingerprint density at radius 1 is 1.09 bits per heavy atom. The van der Waals surface area contributed by atoms with Gasteiger partial charge in [0.1, 0.15) is 6.26 Å². The van der Waals surface area contributed by atoms with Crippen molar-refractivity contribution >= 4 is 0 Å². The molecule has 2 rings (SSSR count). The molecule has 2 heteroatoms. The van der Waals surface area contributed by atoms with Crippen LogP contribution in [0.15, 0.2) is 10.7 Å². The van der Waals surface area contributed by atoms with Crippen LogP contribution in [0, 0.1) is 0 Å². The number of hydrogen-bond acceptors (Lipinski definition) is 2. The van der Waals surface area contributed by atoms with Crippen LogP contribution in [0.1, 0.15) is 37.3 Å². The number of oxazole rings is 1. The first kappa shape index (κ1) is 6.89. The van der Waals surface area contributed by atoms with Crippen LogP contribution >= 0.6 is 0 Å². The molecule has 1 aliphatic rings. The van der Waals surface area contributed by atoms with Crippen LogP contribution in [0.3, 0.4) is 0 Å². The first-order valence-electron chi connectivity index (χ1n) is 4.38. The summed E-state index contributed by atoms with van der Waals surface area (Å²) in [6.45, 7) is 0. The maximum absolute atomic E-state index is 5.28. The largest absolute Gasteiger partial charge is 0.449 e. The van der Waals surface area contributed by atoms with Gasteiger partial charge in [0.2, 0.25) is 0 Å². The highest BCUT2D eigenvalue weighted by Crippen LogP contribution is 2.14. The Morgan fingerprint density at radius 3 is 2.82 bits per heavy atom. The Balaban J connectivity index is 2.14. The second-order valence-electron chi connectivity index (χ2n) is 3.15. The maximum Gasteiger partial charge on any atom is 0.194 e. The van der Waals surface area contributed by atoms with Crippen molar-refractivity contribution < 1.29 is 4.42 Å². The van der Waals surface area contributed by atoms with E-state index in [0.717, 1.165) is 24.4 Å². The molecule has 60 valence electrons. The lowest BCUT2D eigenvalue weighted by molar-refractivity contribution is 0.476. The summed E-state index contributed by atoms with van der Waals surface area (Å²) in [5.41, 5.74) is 1.14. The van der Waals surface area contributed by atoms with E-state index in [1.165, 1.54) is 25.7 Å². The number of hydrogen-bond donors (Lipinski definition) is 0. The molecule has 0 aliphatic carbocycles. The van der Waals surface area contributed by atoms with Gasteiger partial charge in [0.15, 0.2) is 5.89 Å². The van der Waals surface area contributed by atoms with Crippen molar-refractivity contribution in [2.75, 3.05) is 0 Å². The molecule has 0 amide bonds. The molecule has 2 heterocycles. The molecule has 1 aliphatic heterocycles. The molecule has 2 bridgehead atoms. The predicted molar refractivity (Wildman–Crippen MR) is 42.4 cm³/mol. The molecule has 0 N–H and O–H groups in total. The van der Waals surface area contributed by atoms with Crippen molar-refractivity contribution in [1.29, 1.82) is 0 Å². The van der Waals surface area contributed by atoms with E-state index >= 15 is 0 Å². The lowest BCUT2D eigenvalue weighted by atomic mass is 10.1. The van der Waals surface area contributed by atoms with Crippen molar-refractivity contribution in [3.63, 3.8) is 0 Å². The smallest absolute Gasteiger partial charge is 0.194 e. The van der Waals surface area contributed by atoms with Gasteiger partial charge in [0, 0.05) is 6.42 Å². The van der Waals surface area contributed by atoms with Crippen molar-refractivity contribution in [1.82, 2.24) is 4.98 Å². The first-order valence-corrected chi connectivity index (χ1v) is 4.38. The van der Waals surface area contributed by atoms with Crippen molar-refractivity contribution in [2.45, 2.75) is 38.5 Å². The van der Waals surface area contributed by atoms with Gasteiger partial charge >= 0.3 is 0 Å². The van der Waals surface area contributed by atoms with Crippen LogP contribution in [-0.4, -0.2) is 4.98 Å². The second kappa shape index (κ2) is 3.07. The second-order valence-corrected chi connectivity index (χ2v) is 3.15. The molecule has 0 radical (unpaired) electrons. The summed E-state index contributed by atoms with van der Waals surface area (Å²) in [5, 5.41) is 0. The van der Waals surface area contributed by atoms with Crippen LogP contribution in [0.5, 0.6) is 0 Å². The lowest BCUT2D eigenvalue weighted by Crippen LogP contribution is -1.83. The summed E-state index contributed by atoms with van der Waals surface area (Å²) in [5.74, 6) is 0.932. The van der Waals surface area contributed by atoms with E-state index < -0.39 is 0 Å². The molecule has 1 aromatic rings. The number of rotatable bonds is 0. The summed E-state index contributed by atoms with van der Waals surface area (Å²) in [7, 11) is 0. The standard InChI is InChI=1S/C9H13NO/c1-2-4-6-9-10-8(5-3-1)7-11-9/h7H,1-6H2. The summed E-state index contributed by atoms with van der Waals surface area (Å²) in [4.78, 5) is 4.36.